The average Bonchev–Trinajstić information content (AvgIpc) is 3.35. The molecule has 0 aromatic carbocycles. The number of unbranched alkanes of at least 4 members (excludes halogenated alkanes) is 22. The number of esters is 3. The summed E-state index contributed by atoms with van der Waals surface area (Å²) in [5.41, 5.74) is 0. The first kappa shape index (κ1) is 66.9. The molecule has 3 unspecified atom stereocenters. The largest absolute Gasteiger partial charge is 0.472 e. The van der Waals surface area contributed by atoms with Gasteiger partial charge >= 0.3 is 25.7 Å². The third-order valence-electron chi connectivity index (χ3n) is 11.6. The van der Waals surface area contributed by atoms with Crippen LogP contribution in [0.25, 0.3) is 0 Å². The molecule has 0 spiro atoms. The fraction of sp³-hybridized carbons (Fsp3) is 0.741. The number of ether oxygens (including phenoxy) is 3. The van der Waals surface area contributed by atoms with Crippen LogP contribution in [0.15, 0.2) is 72.9 Å². The minimum absolute atomic E-state index is 0.0446. The number of carbonyl (C=O) groups excluding carboxylic acids is 3. The van der Waals surface area contributed by atoms with Crippen molar-refractivity contribution in [2.45, 2.75) is 251 Å². The van der Waals surface area contributed by atoms with Crippen molar-refractivity contribution in [3.8, 4) is 0 Å². The van der Waals surface area contributed by atoms with Crippen LogP contribution >= 0.6 is 7.82 Å². The number of hydrogen-bond acceptors (Lipinski definition) is 10. The quantitative estimate of drug-likeness (QED) is 0.0197. The Balaban J connectivity index is 4.76. The molecule has 0 aliphatic rings. The summed E-state index contributed by atoms with van der Waals surface area (Å²) in [6.45, 7) is 4.39. The minimum atomic E-state index is -4.76. The lowest BCUT2D eigenvalue weighted by molar-refractivity contribution is -0.161. The van der Waals surface area contributed by atoms with Gasteiger partial charge in [0.25, 0.3) is 0 Å². The highest BCUT2D eigenvalue weighted by molar-refractivity contribution is 7.47. The van der Waals surface area contributed by atoms with E-state index in [0.29, 0.717) is 19.3 Å². The Morgan fingerprint density at radius 2 is 0.786 bits per heavy atom. The topological polar surface area (TPSA) is 155 Å². The van der Waals surface area contributed by atoms with E-state index in [4.69, 9.17) is 23.3 Å². The molecule has 0 fully saturated rings. The summed E-state index contributed by atoms with van der Waals surface area (Å²) in [5.74, 6) is -1.57. The highest BCUT2D eigenvalue weighted by Gasteiger charge is 2.28. The number of phosphoric ester groups is 1. The van der Waals surface area contributed by atoms with E-state index in [9.17, 15) is 28.9 Å². The van der Waals surface area contributed by atoms with E-state index in [-0.39, 0.29) is 25.9 Å². The van der Waals surface area contributed by atoms with Gasteiger partial charge in [-0.2, -0.15) is 0 Å². The number of carbonyl (C=O) groups is 3. The van der Waals surface area contributed by atoms with Gasteiger partial charge in [-0.25, -0.2) is 4.57 Å². The summed E-state index contributed by atoms with van der Waals surface area (Å²) in [6, 6.07) is 0. The first-order valence-electron chi connectivity index (χ1n) is 27.8. The first-order valence-corrected chi connectivity index (χ1v) is 29.3. The van der Waals surface area contributed by atoms with Crippen molar-refractivity contribution in [1.82, 2.24) is 0 Å². The Morgan fingerprint density at radius 1 is 0.414 bits per heavy atom. The first-order chi connectivity index (χ1) is 34.2. The normalized spacial score (nSPS) is 14.0. The molecule has 0 aliphatic carbocycles. The number of rotatable bonds is 51. The molecule has 3 atom stereocenters. The maximum Gasteiger partial charge on any atom is 0.472 e. The molecular weight excluding hydrogens is 904 g/mol. The van der Waals surface area contributed by atoms with Crippen LogP contribution in [-0.2, 0) is 42.2 Å². The van der Waals surface area contributed by atoms with Crippen molar-refractivity contribution in [3.63, 3.8) is 0 Å². The molecule has 12 heteroatoms. The van der Waals surface area contributed by atoms with Gasteiger partial charge in [-0.1, -0.05) is 203 Å². The minimum Gasteiger partial charge on any atom is -0.462 e. The SMILES string of the molecule is CC/C=C\C/C=C\C/C=C\C/C=C\CCC(=O)OC(COC(=O)CCCCCCCCCCC/C=C\CCCCCCCC)COP(=O)(O)OCC(CO)OC(=O)CCCCCCC/C=C\CCCC. The zero-order chi connectivity index (χ0) is 51.3. The molecule has 0 amide bonds. The number of allylic oxidation sites excluding steroid dienone is 12. The van der Waals surface area contributed by atoms with Gasteiger partial charge in [0.05, 0.1) is 19.8 Å². The van der Waals surface area contributed by atoms with Crippen LogP contribution in [0.3, 0.4) is 0 Å². The smallest absolute Gasteiger partial charge is 0.462 e. The van der Waals surface area contributed by atoms with Crippen LogP contribution < -0.4 is 0 Å². The third kappa shape index (κ3) is 49.9. The highest BCUT2D eigenvalue weighted by atomic mass is 31.2. The van der Waals surface area contributed by atoms with Gasteiger partial charge in [0.15, 0.2) is 6.10 Å². The van der Waals surface area contributed by atoms with Crippen molar-refractivity contribution in [3.05, 3.63) is 72.9 Å². The molecule has 0 aromatic rings. The molecule has 0 aliphatic heterocycles. The monoisotopic (exact) mass is 1000 g/mol. The maximum atomic E-state index is 12.9. The van der Waals surface area contributed by atoms with Crippen LogP contribution in [-0.4, -0.2) is 66.5 Å². The van der Waals surface area contributed by atoms with Crippen molar-refractivity contribution in [2.75, 3.05) is 26.4 Å². The van der Waals surface area contributed by atoms with Crippen LogP contribution in [0.1, 0.15) is 239 Å². The van der Waals surface area contributed by atoms with Crippen LogP contribution in [0.2, 0.25) is 0 Å². The van der Waals surface area contributed by atoms with Crippen molar-refractivity contribution >= 4 is 25.7 Å². The van der Waals surface area contributed by atoms with Gasteiger partial charge in [-0.15, -0.1) is 0 Å². The second-order valence-electron chi connectivity index (χ2n) is 18.4. The Hall–Kier alpha value is -3.08. The van der Waals surface area contributed by atoms with Crippen molar-refractivity contribution in [1.29, 1.82) is 0 Å². The van der Waals surface area contributed by atoms with E-state index in [1.165, 1.54) is 96.3 Å². The third-order valence-corrected chi connectivity index (χ3v) is 12.5. The fourth-order valence-electron chi connectivity index (χ4n) is 7.35. The number of aliphatic hydroxyl groups excluding tert-OH is 1. The molecule has 70 heavy (non-hydrogen) atoms. The summed E-state index contributed by atoms with van der Waals surface area (Å²) in [5, 5.41) is 9.77. The summed E-state index contributed by atoms with van der Waals surface area (Å²) in [6.07, 6.45) is 57.5. The lowest BCUT2D eigenvalue weighted by Crippen LogP contribution is -2.30. The average molecular weight is 1010 g/mol. The Morgan fingerprint density at radius 3 is 1.27 bits per heavy atom. The van der Waals surface area contributed by atoms with E-state index in [0.717, 1.165) is 83.5 Å². The molecule has 404 valence electrons. The van der Waals surface area contributed by atoms with Gasteiger partial charge in [-0.05, 0) is 89.9 Å². The molecule has 0 saturated heterocycles. The van der Waals surface area contributed by atoms with Gasteiger partial charge in [0, 0.05) is 19.3 Å². The highest BCUT2D eigenvalue weighted by Crippen LogP contribution is 2.43. The molecule has 0 heterocycles. The summed E-state index contributed by atoms with van der Waals surface area (Å²) in [7, 11) is -4.76. The van der Waals surface area contributed by atoms with E-state index < -0.39 is 57.8 Å². The molecule has 0 rings (SSSR count). The predicted molar refractivity (Wildman–Crippen MR) is 288 cm³/mol. The van der Waals surface area contributed by atoms with Crippen LogP contribution in [0.4, 0.5) is 0 Å². The maximum absolute atomic E-state index is 12.9. The molecule has 0 aromatic heterocycles. The van der Waals surface area contributed by atoms with E-state index in [1.807, 2.05) is 12.2 Å². The van der Waals surface area contributed by atoms with E-state index >= 15 is 0 Å². The fourth-order valence-corrected chi connectivity index (χ4v) is 8.13. The predicted octanol–water partition coefficient (Wildman–Crippen LogP) is 16.1. The number of hydrogen-bond donors (Lipinski definition) is 2. The number of phosphoric acid groups is 1. The molecule has 0 saturated carbocycles. The van der Waals surface area contributed by atoms with Gasteiger partial charge in [0.1, 0.15) is 12.7 Å². The second kappa shape index (κ2) is 52.2. The molecule has 2 N–H and O–H groups in total. The van der Waals surface area contributed by atoms with Crippen molar-refractivity contribution in [2.24, 2.45) is 0 Å². The molecule has 11 nitrogen and oxygen atoms in total. The standard InChI is InChI=1S/C58H101O11P/c1-4-7-10-13-16-19-22-24-25-26-27-28-29-31-33-35-38-41-44-47-56(60)65-51-55(69-58(62)49-46-43-40-37-34-30-23-20-17-14-11-8-5-2)53-67-70(63,64)66-52-54(50-59)68-57(61)48-45-42-39-36-32-21-18-15-12-9-6-3/h8,11,15,17-18,20,24-25,30,34,40,43,54-55,59H,4-7,9-10,12-14,16,19,21-23,26-29,31-33,35-39,41-42,44-53H2,1-3H3,(H,63,64)/b11-8-,18-15-,20-17-,25-24-,34-30-,43-40-. The molecule has 0 bridgehead atoms. The van der Waals surface area contributed by atoms with Crippen molar-refractivity contribution < 1.29 is 52.2 Å². The Kier molecular flexibility index (Phi) is 50.0. The van der Waals surface area contributed by atoms with Gasteiger partial charge in [0.2, 0.25) is 0 Å². The molecule has 0 radical (unpaired) electrons. The Bertz CT molecular complexity index is 1450. The number of aliphatic hydroxyl groups is 1. The van der Waals surface area contributed by atoms with E-state index in [2.05, 4.69) is 81.5 Å². The summed E-state index contributed by atoms with van der Waals surface area (Å²) < 4.78 is 39.3. The zero-order valence-corrected chi connectivity index (χ0v) is 45.4. The van der Waals surface area contributed by atoms with Crippen LogP contribution in [0.5, 0.6) is 0 Å². The molecular formula is C58H101O11P. The summed E-state index contributed by atoms with van der Waals surface area (Å²) >= 11 is 0. The lowest BCUT2D eigenvalue weighted by Gasteiger charge is -2.21. The van der Waals surface area contributed by atoms with Gasteiger partial charge in [-0.3, -0.25) is 23.4 Å². The van der Waals surface area contributed by atoms with Crippen LogP contribution in [0, 0.1) is 0 Å². The Labute approximate surface area is 427 Å². The lowest BCUT2D eigenvalue weighted by atomic mass is 10.1. The van der Waals surface area contributed by atoms with E-state index in [1.54, 1.807) is 0 Å². The van der Waals surface area contributed by atoms with Gasteiger partial charge < -0.3 is 24.2 Å². The zero-order valence-electron chi connectivity index (χ0n) is 44.5. The second-order valence-corrected chi connectivity index (χ2v) is 19.8. The summed E-state index contributed by atoms with van der Waals surface area (Å²) in [4.78, 5) is 48.3.